The molecule has 0 saturated heterocycles. The summed E-state index contributed by atoms with van der Waals surface area (Å²) in [4.78, 5) is 4.08. The Labute approximate surface area is 83.9 Å². The molecule has 2 rings (SSSR count). The van der Waals surface area contributed by atoms with Crippen LogP contribution in [-0.2, 0) is 5.54 Å². The van der Waals surface area contributed by atoms with Crippen LogP contribution in [0.3, 0.4) is 0 Å². The molecule has 1 saturated carbocycles. The van der Waals surface area contributed by atoms with Gasteiger partial charge in [0, 0.05) is 0 Å². The summed E-state index contributed by atoms with van der Waals surface area (Å²) in [5, 5.41) is 3.87. The largest absolute Gasteiger partial charge is 0.343 e. The lowest BCUT2D eigenvalue weighted by molar-refractivity contribution is 0.206. The molecule has 0 aliphatic heterocycles. The van der Waals surface area contributed by atoms with E-state index in [2.05, 4.69) is 17.1 Å². The number of nitrogens with zero attached hydrogens (tertiary/aromatic N) is 2. The zero-order valence-corrected chi connectivity index (χ0v) is 8.57. The van der Waals surface area contributed by atoms with Gasteiger partial charge in [-0.15, -0.1) is 0 Å². The molecule has 1 aromatic heterocycles. The highest BCUT2D eigenvalue weighted by Crippen LogP contribution is 2.37. The van der Waals surface area contributed by atoms with Gasteiger partial charge in [0.25, 0.3) is 0 Å². The molecule has 1 fully saturated rings. The van der Waals surface area contributed by atoms with E-state index in [0.29, 0.717) is 11.7 Å². The SMILES string of the molecule is CCC1CCCC(N)(c2ncon2)C1. The molecular weight excluding hydrogens is 178 g/mol. The van der Waals surface area contributed by atoms with Crippen molar-refractivity contribution in [1.29, 1.82) is 0 Å². The Balaban J connectivity index is 2.15. The van der Waals surface area contributed by atoms with E-state index in [1.807, 2.05) is 0 Å². The summed E-state index contributed by atoms with van der Waals surface area (Å²) in [6.45, 7) is 2.21. The van der Waals surface area contributed by atoms with Crippen LogP contribution in [0.15, 0.2) is 10.9 Å². The van der Waals surface area contributed by atoms with Crippen molar-refractivity contribution in [3.63, 3.8) is 0 Å². The Bertz CT molecular complexity index is 286. The Kier molecular flexibility index (Phi) is 2.54. The summed E-state index contributed by atoms with van der Waals surface area (Å²) in [5.74, 6) is 1.39. The molecule has 4 nitrogen and oxygen atoms in total. The van der Waals surface area contributed by atoms with Crippen LogP contribution in [0.5, 0.6) is 0 Å². The summed E-state index contributed by atoms with van der Waals surface area (Å²) < 4.78 is 4.76. The topological polar surface area (TPSA) is 64.9 Å². The van der Waals surface area contributed by atoms with Gasteiger partial charge in [0.2, 0.25) is 6.39 Å². The number of rotatable bonds is 2. The molecule has 14 heavy (non-hydrogen) atoms. The summed E-state index contributed by atoms with van der Waals surface area (Å²) in [5.41, 5.74) is 5.96. The normalized spacial score (nSPS) is 33.1. The van der Waals surface area contributed by atoms with Gasteiger partial charge in [0.15, 0.2) is 5.82 Å². The molecule has 0 radical (unpaired) electrons. The number of hydrogen-bond donors (Lipinski definition) is 1. The van der Waals surface area contributed by atoms with Crippen LogP contribution >= 0.6 is 0 Å². The summed E-state index contributed by atoms with van der Waals surface area (Å²) in [6, 6.07) is 0. The van der Waals surface area contributed by atoms with E-state index in [9.17, 15) is 0 Å². The van der Waals surface area contributed by atoms with E-state index in [-0.39, 0.29) is 5.54 Å². The minimum absolute atomic E-state index is 0.341. The van der Waals surface area contributed by atoms with Crippen LogP contribution < -0.4 is 5.73 Å². The third-order valence-electron chi connectivity index (χ3n) is 3.27. The van der Waals surface area contributed by atoms with E-state index in [1.165, 1.54) is 25.7 Å². The lowest BCUT2D eigenvalue weighted by Crippen LogP contribution is -2.42. The predicted molar refractivity (Wildman–Crippen MR) is 52.4 cm³/mol. The quantitative estimate of drug-likeness (QED) is 0.781. The molecular formula is C10H17N3O. The first kappa shape index (κ1) is 9.65. The zero-order valence-electron chi connectivity index (χ0n) is 8.57. The van der Waals surface area contributed by atoms with Crippen molar-refractivity contribution in [2.24, 2.45) is 11.7 Å². The fraction of sp³-hybridized carbons (Fsp3) is 0.800. The van der Waals surface area contributed by atoms with Gasteiger partial charge in [-0.2, -0.15) is 4.98 Å². The van der Waals surface area contributed by atoms with Gasteiger partial charge in [0.05, 0.1) is 5.54 Å². The summed E-state index contributed by atoms with van der Waals surface area (Å²) in [7, 11) is 0. The van der Waals surface area contributed by atoms with Crippen LogP contribution in [0, 0.1) is 5.92 Å². The van der Waals surface area contributed by atoms with Gasteiger partial charge < -0.3 is 10.3 Å². The summed E-state index contributed by atoms with van der Waals surface area (Å²) in [6.07, 6.45) is 6.97. The van der Waals surface area contributed by atoms with Crippen molar-refractivity contribution in [2.45, 2.75) is 44.6 Å². The lowest BCUT2D eigenvalue weighted by atomic mass is 9.75. The smallest absolute Gasteiger partial charge is 0.213 e. The van der Waals surface area contributed by atoms with E-state index >= 15 is 0 Å². The molecule has 0 spiro atoms. The average molecular weight is 195 g/mol. The number of hydrogen-bond acceptors (Lipinski definition) is 4. The van der Waals surface area contributed by atoms with Gasteiger partial charge >= 0.3 is 0 Å². The molecule has 1 aromatic rings. The Morgan fingerprint density at radius 1 is 1.71 bits per heavy atom. The van der Waals surface area contributed by atoms with Crippen molar-refractivity contribution >= 4 is 0 Å². The molecule has 0 bridgehead atoms. The summed E-state index contributed by atoms with van der Waals surface area (Å²) >= 11 is 0. The first-order chi connectivity index (χ1) is 6.74. The second kappa shape index (κ2) is 3.69. The minimum Gasteiger partial charge on any atom is -0.343 e. The molecule has 2 atom stereocenters. The van der Waals surface area contributed by atoms with Crippen molar-refractivity contribution < 1.29 is 4.52 Å². The van der Waals surface area contributed by atoms with E-state index < -0.39 is 0 Å². The van der Waals surface area contributed by atoms with E-state index in [0.717, 1.165) is 12.8 Å². The van der Waals surface area contributed by atoms with Crippen LogP contribution in [0.25, 0.3) is 0 Å². The Morgan fingerprint density at radius 3 is 3.21 bits per heavy atom. The first-order valence-electron chi connectivity index (χ1n) is 5.30. The second-order valence-corrected chi connectivity index (χ2v) is 4.28. The molecule has 1 aliphatic carbocycles. The van der Waals surface area contributed by atoms with Crippen LogP contribution in [0.4, 0.5) is 0 Å². The molecule has 2 unspecified atom stereocenters. The molecule has 1 heterocycles. The van der Waals surface area contributed by atoms with Crippen molar-refractivity contribution in [3.05, 3.63) is 12.2 Å². The molecule has 2 N–H and O–H groups in total. The molecule has 78 valence electrons. The third-order valence-corrected chi connectivity index (χ3v) is 3.27. The monoisotopic (exact) mass is 195 g/mol. The molecule has 0 aromatic carbocycles. The van der Waals surface area contributed by atoms with Gasteiger partial charge in [-0.3, -0.25) is 0 Å². The maximum Gasteiger partial charge on any atom is 0.213 e. The molecule has 0 amide bonds. The van der Waals surface area contributed by atoms with Crippen molar-refractivity contribution in [3.8, 4) is 0 Å². The maximum absolute atomic E-state index is 6.31. The molecule has 1 aliphatic rings. The van der Waals surface area contributed by atoms with Gasteiger partial charge in [-0.05, 0) is 18.8 Å². The van der Waals surface area contributed by atoms with Gasteiger partial charge in [0.1, 0.15) is 0 Å². The molecule has 4 heteroatoms. The van der Waals surface area contributed by atoms with E-state index in [4.69, 9.17) is 10.3 Å². The third kappa shape index (κ3) is 1.66. The van der Waals surface area contributed by atoms with E-state index in [1.54, 1.807) is 0 Å². The lowest BCUT2D eigenvalue weighted by Gasteiger charge is -2.35. The van der Waals surface area contributed by atoms with Crippen molar-refractivity contribution in [1.82, 2.24) is 10.1 Å². The van der Waals surface area contributed by atoms with Gasteiger partial charge in [-0.1, -0.05) is 31.3 Å². The Hall–Kier alpha value is -0.900. The zero-order chi connectivity index (χ0) is 10.0. The van der Waals surface area contributed by atoms with Crippen LogP contribution in [-0.4, -0.2) is 10.1 Å². The average Bonchev–Trinajstić information content (AvgIpc) is 2.71. The highest BCUT2D eigenvalue weighted by molar-refractivity contribution is 5.04. The van der Waals surface area contributed by atoms with Crippen molar-refractivity contribution in [2.75, 3.05) is 0 Å². The highest BCUT2D eigenvalue weighted by atomic mass is 16.5. The highest BCUT2D eigenvalue weighted by Gasteiger charge is 2.36. The van der Waals surface area contributed by atoms with Crippen LogP contribution in [0.2, 0.25) is 0 Å². The predicted octanol–water partition coefficient (Wildman–Crippen LogP) is 1.82. The number of nitrogens with two attached hydrogens (primary N) is 1. The Morgan fingerprint density at radius 2 is 2.57 bits per heavy atom. The van der Waals surface area contributed by atoms with Gasteiger partial charge in [-0.25, -0.2) is 0 Å². The maximum atomic E-state index is 6.31. The minimum atomic E-state index is -0.341. The number of aromatic nitrogens is 2. The fourth-order valence-electron chi connectivity index (χ4n) is 2.37. The fourth-order valence-corrected chi connectivity index (χ4v) is 2.37. The standard InChI is InChI=1S/C10H17N3O/c1-2-8-4-3-5-10(11,6-8)9-12-7-14-13-9/h7-8H,2-6,11H2,1H3. The van der Waals surface area contributed by atoms with Crippen LogP contribution in [0.1, 0.15) is 44.9 Å². The first-order valence-corrected chi connectivity index (χ1v) is 5.30. The second-order valence-electron chi connectivity index (χ2n) is 4.28.